The first-order valence-electron chi connectivity index (χ1n) is 6.06. The molecule has 1 aromatic heterocycles. The lowest BCUT2D eigenvalue weighted by atomic mass is 10.1. The first-order chi connectivity index (χ1) is 9.72. The van der Waals surface area contributed by atoms with Crippen molar-refractivity contribution in [1.82, 2.24) is 10.4 Å². The highest BCUT2D eigenvalue weighted by Crippen LogP contribution is 2.26. The summed E-state index contributed by atoms with van der Waals surface area (Å²) in [5, 5.41) is 0. The molecule has 0 radical (unpaired) electrons. The third-order valence-corrected chi connectivity index (χ3v) is 4.44. The minimum Gasteiger partial charge on any atom is -0.495 e. The lowest BCUT2D eigenvalue weighted by Gasteiger charge is -2.16. The molecule has 0 saturated heterocycles. The molecule has 0 bridgehead atoms. The van der Waals surface area contributed by atoms with Crippen LogP contribution >= 0.6 is 27.7 Å². The Balaban J connectivity index is 2.03. The molecule has 2 aromatic rings. The van der Waals surface area contributed by atoms with E-state index in [1.807, 2.05) is 18.2 Å². The molecule has 0 saturated carbocycles. The van der Waals surface area contributed by atoms with Gasteiger partial charge in [-0.15, -0.1) is 11.8 Å². The third kappa shape index (κ3) is 4.21. The molecule has 2 rings (SSSR count). The second-order valence-electron chi connectivity index (χ2n) is 4.14. The van der Waals surface area contributed by atoms with Crippen LogP contribution in [0.5, 0.6) is 5.75 Å². The van der Waals surface area contributed by atoms with E-state index in [9.17, 15) is 0 Å². The van der Waals surface area contributed by atoms with E-state index in [0.717, 1.165) is 21.5 Å². The maximum atomic E-state index is 5.65. The Morgan fingerprint density at radius 2 is 2.10 bits per heavy atom. The van der Waals surface area contributed by atoms with E-state index in [1.165, 1.54) is 4.90 Å². The molecule has 1 unspecified atom stereocenters. The lowest BCUT2D eigenvalue weighted by Crippen LogP contribution is -2.29. The van der Waals surface area contributed by atoms with E-state index < -0.39 is 0 Å². The van der Waals surface area contributed by atoms with Crippen molar-refractivity contribution in [2.24, 2.45) is 5.84 Å². The molecule has 106 valence electrons. The molecule has 0 aliphatic carbocycles. The van der Waals surface area contributed by atoms with Gasteiger partial charge in [0, 0.05) is 21.3 Å². The van der Waals surface area contributed by atoms with Gasteiger partial charge in [-0.05, 0) is 35.9 Å². The smallest absolute Gasteiger partial charge is 0.137 e. The van der Waals surface area contributed by atoms with Crippen molar-refractivity contribution in [3.63, 3.8) is 0 Å². The number of benzene rings is 1. The number of nitrogens with two attached hydrogens (primary N) is 1. The number of nitrogens with one attached hydrogen (secondary N) is 1. The van der Waals surface area contributed by atoms with Crippen molar-refractivity contribution < 1.29 is 4.74 Å². The summed E-state index contributed by atoms with van der Waals surface area (Å²) in [6.07, 6.45) is 3.48. The van der Waals surface area contributed by atoms with Crippen molar-refractivity contribution >= 4 is 27.7 Å². The Kier molecular flexibility index (Phi) is 5.85. The fraction of sp³-hybridized carbons (Fsp3) is 0.214. The van der Waals surface area contributed by atoms with Crippen molar-refractivity contribution in [2.75, 3.05) is 12.9 Å². The molecule has 0 fully saturated rings. The molecule has 4 nitrogen and oxygen atoms in total. The number of halogens is 1. The zero-order valence-corrected chi connectivity index (χ0v) is 13.4. The standard InChI is InChI=1S/C14H16BrN3OS/c1-19-12-6-10(7-17-8-12)14(18-16)9-20-13-4-2-11(15)3-5-13/h2-8,14,18H,9,16H2,1H3. The lowest BCUT2D eigenvalue weighted by molar-refractivity contribution is 0.411. The van der Waals surface area contributed by atoms with Crippen LogP contribution in [0, 0.1) is 0 Å². The monoisotopic (exact) mass is 353 g/mol. The Labute approximate surface area is 131 Å². The molecule has 6 heteroatoms. The van der Waals surface area contributed by atoms with Gasteiger partial charge in [-0.3, -0.25) is 16.3 Å². The van der Waals surface area contributed by atoms with Gasteiger partial charge in [-0.2, -0.15) is 0 Å². The molecule has 1 heterocycles. The molecule has 0 aliphatic heterocycles. The molecule has 3 N–H and O–H groups in total. The molecule has 1 atom stereocenters. The van der Waals surface area contributed by atoms with Gasteiger partial charge in [-0.1, -0.05) is 15.9 Å². The second kappa shape index (κ2) is 7.64. The van der Waals surface area contributed by atoms with E-state index >= 15 is 0 Å². The first-order valence-corrected chi connectivity index (χ1v) is 7.84. The number of aromatic nitrogens is 1. The highest BCUT2D eigenvalue weighted by Gasteiger charge is 2.11. The number of hydrogen-bond donors (Lipinski definition) is 2. The molecule has 1 aromatic carbocycles. The van der Waals surface area contributed by atoms with Gasteiger partial charge in [0.25, 0.3) is 0 Å². The minimum absolute atomic E-state index is 0.0197. The summed E-state index contributed by atoms with van der Waals surface area (Å²) in [6.45, 7) is 0. The highest BCUT2D eigenvalue weighted by molar-refractivity contribution is 9.10. The van der Waals surface area contributed by atoms with E-state index in [0.29, 0.717) is 0 Å². The van der Waals surface area contributed by atoms with Crippen LogP contribution in [0.25, 0.3) is 0 Å². The van der Waals surface area contributed by atoms with Gasteiger partial charge in [-0.25, -0.2) is 0 Å². The number of methoxy groups -OCH3 is 1. The molecule has 20 heavy (non-hydrogen) atoms. The quantitative estimate of drug-likeness (QED) is 0.474. The summed E-state index contributed by atoms with van der Waals surface area (Å²) in [4.78, 5) is 5.35. The molecule has 0 amide bonds. The van der Waals surface area contributed by atoms with Crippen LogP contribution in [0.15, 0.2) is 52.1 Å². The molecule has 0 aliphatic rings. The fourth-order valence-corrected chi connectivity index (χ4v) is 2.93. The average Bonchev–Trinajstić information content (AvgIpc) is 2.50. The van der Waals surface area contributed by atoms with Crippen LogP contribution < -0.4 is 16.0 Å². The van der Waals surface area contributed by atoms with Crippen molar-refractivity contribution in [1.29, 1.82) is 0 Å². The number of rotatable bonds is 6. The maximum Gasteiger partial charge on any atom is 0.137 e. The Hall–Kier alpha value is -1.08. The van der Waals surface area contributed by atoms with Gasteiger partial charge in [0.05, 0.1) is 19.3 Å². The van der Waals surface area contributed by atoms with Crippen LogP contribution in [-0.4, -0.2) is 17.8 Å². The van der Waals surface area contributed by atoms with E-state index in [1.54, 1.807) is 31.3 Å². The third-order valence-electron chi connectivity index (χ3n) is 2.80. The molecule has 0 spiro atoms. The summed E-state index contributed by atoms with van der Waals surface area (Å²) < 4.78 is 6.26. The number of ether oxygens (including phenoxy) is 1. The SMILES string of the molecule is COc1cncc(C(CSc2ccc(Br)cc2)NN)c1. The van der Waals surface area contributed by atoms with Crippen LogP contribution in [-0.2, 0) is 0 Å². The van der Waals surface area contributed by atoms with Crippen LogP contribution in [0.2, 0.25) is 0 Å². The van der Waals surface area contributed by atoms with Crippen molar-refractivity contribution in [2.45, 2.75) is 10.9 Å². The molecular formula is C14H16BrN3OS. The zero-order valence-electron chi connectivity index (χ0n) is 11.0. The maximum absolute atomic E-state index is 5.65. The van der Waals surface area contributed by atoms with Crippen molar-refractivity contribution in [3.8, 4) is 5.75 Å². The number of hydrogen-bond acceptors (Lipinski definition) is 5. The van der Waals surface area contributed by atoms with Crippen LogP contribution in [0.1, 0.15) is 11.6 Å². The van der Waals surface area contributed by atoms with Crippen LogP contribution in [0.3, 0.4) is 0 Å². The predicted octanol–water partition coefficient (Wildman–Crippen LogP) is 3.15. The van der Waals surface area contributed by atoms with Gasteiger partial charge in [0.15, 0.2) is 0 Å². The number of hydrazine groups is 1. The van der Waals surface area contributed by atoms with E-state index in [-0.39, 0.29) is 6.04 Å². The second-order valence-corrected chi connectivity index (χ2v) is 6.15. The topological polar surface area (TPSA) is 60.2 Å². The normalized spacial score (nSPS) is 12.2. The van der Waals surface area contributed by atoms with Gasteiger partial charge in [0.2, 0.25) is 0 Å². The summed E-state index contributed by atoms with van der Waals surface area (Å²) in [6, 6.07) is 10.2. The Bertz CT molecular complexity index is 550. The Morgan fingerprint density at radius 1 is 1.35 bits per heavy atom. The summed E-state index contributed by atoms with van der Waals surface area (Å²) in [7, 11) is 1.63. The highest BCUT2D eigenvalue weighted by atomic mass is 79.9. The van der Waals surface area contributed by atoms with Crippen LogP contribution in [0.4, 0.5) is 0 Å². The largest absolute Gasteiger partial charge is 0.495 e. The minimum atomic E-state index is 0.0197. The number of thioether (sulfide) groups is 1. The van der Waals surface area contributed by atoms with E-state index in [2.05, 4.69) is 38.5 Å². The van der Waals surface area contributed by atoms with Gasteiger partial charge < -0.3 is 4.74 Å². The average molecular weight is 354 g/mol. The van der Waals surface area contributed by atoms with Gasteiger partial charge >= 0.3 is 0 Å². The predicted molar refractivity (Wildman–Crippen MR) is 85.7 cm³/mol. The number of pyridine rings is 1. The van der Waals surface area contributed by atoms with E-state index in [4.69, 9.17) is 10.6 Å². The zero-order chi connectivity index (χ0) is 14.4. The number of nitrogens with zero attached hydrogens (tertiary/aromatic N) is 1. The summed E-state index contributed by atoms with van der Waals surface area (Å²) >= 11 is 5.17. The summed E-state index contributed by atoms with van der Waals surface area (Å²) in [5.41, 5.74) is 3.84. The summed E-state index contributed by atoms with van der Waals surface area (Å²) in [5.74, 6) is 7.19. The fourth-order valence-electron chi connectivity index (χ4n) is 1.69. The van der Waals surface area contributed by atoms with Crippen molar-refractivity contribution in [3.05, 3.63) is 52.8 Å². The first kappa shape index (κ1) is 15.3. The molecular weight excluding hydrogens is 338 g/mol. The van der Waals surface area contributed by atoms with Gasteiger partial charge in [0.1, 0.15) is 5.75 Å². The Morgan fingerprint density at radius 3 is 2.75 bits per heavy atom.